The summed E-state index contributed by atoms with van der Waals surface area (Å²) in [5.41, 5.74) is 3.45. The topological polar surface area (TPSA) is 83.5 Å². The van der Waals surface area contributed by atoms with Crippen molar-refractivity contribution in [1.82, 2.24) is 15.7 Å². The smallest absolute Gasteiger partial charge is 0.272 e. The average Bonchev–Trinajstić information content (AvgIpc) is 2.54. The first-order valence-corrected chi connectivity index (χ1v) is 7.68. The van der Waals surface area contributed by atoms with Gasteiger partial charge in [-0.15, -0.1) is 0 Å². The quantitative estimate of drug-likeness (QED) is 0.645. The lowest BCUT2D eigenvalue weighted by Gasteiger charge is -2.22. The maximum Gasteiger partial charge on any atom is 0.272 e. The van der Waals surface area contributed by atoms with Crippen LogP contribution in [0.1, 0.15) is 55.8 Å². The Morgan fingerprint density at radius 1 is 1.32 bits per heavy atom. The van der Waals surface area contributed by atoms with Gasteiger partial charge in [0.25, 0.3) is 5.91 Å². The highest BCUT2D eigenvalue weighted by molar-refractivity contribution is 6.01. The molecule has 0 aromatic carbocycles. The molecule has 2 N–H and O–H groups in total. The number of hydrogen-bond donors (Lipinski definition) is 2. The zero-order chi connectivity index (χ0) is 15.8. The van der Waals surface area contributed by atoms with Crippen LogP contribution in [0.4, 0.5) is 0 Å². The molecule has 1 fully saturated rings. The second kappa shape index (κ2) is 8.26. The predicted molar refractivity (Wildman–Crippen MR) is 84.4 cm³/mol. The molecule has 6 nitrogen and oxygen atoms in total. The van der Waals surface area contributed by atoms with E-state index in [-0.39, 0.29) is 18.2 Å². The van der Waals surface area contributed by atoms with Crippen LogP contribution in [-0.2, 0) is 4.79 Å². The van der Waals surface area contributed by atoms with Gasteiger partial charge >= 0.3 is 0 Å². The molecule has 2 rings (SSSR count). The number of hydrogen-bond acceptors (Lipinski definition) is 4. The first-order valence-electron chi connectivity index (χ1n) is 7.68. The minimum absolute atomic E-state index is 0.0382. The van der Waals surface area contributed by atoms with E-state index in [2.05, 4.69) is 20.8 Å². The summed E-state index contributed by atoms with van der Waals surface area (Å²) in [5.74, 6) is -0.371. The SMILES string of the molecule is C/C(CC(=O)NC1CCCCC1)=N/NC(=O)c1cccnc1. The lowest BCUT2D eigenvalue weighted by Crippen LogP contribution is -2.37. The molecular formula is C16H22N4O2. The van der Waals surface area contributed by atoms with Crippen molar-refractivity contribution in [3.05, 3.63) is 30.1 Å². The van der Waals surface area contributed by atoms with Crippen LogP contribution in [0.15, 0.2) is 29.6 Å². The van der Waals surface area contributed by atoms with Gasteiger partial charge in [0.2, 0.25) is 5.91 Å². The monoisotopic (exact) mass is 302 g/mol. The summed E-state index contributed by atoms with van der Waals surface area (Å²) >= 11 is 0. The van der Waals surface area contributed by atoms with E-state index in [9.17, 15) is 9.59 Å². The molecule has 118 valence electrons. The Hall–Kier alpha value is -2.24. The number of pyridine rings is 1. The first kappa shape index (κ1) is 16.1. The predicted octanol–water partition coefficient (Wildman–Crippen LogP) is 2.03. The molecule has 1 aromatic rings. The van der Waals surface area contributed by atoms with Gasteiger partial charge in [-0.25, -0.2) is 5.43 Å². The summed E-state index contributed by atoms with van der Waals surface area (Å²) in [5, 5.41) is 6.99. The van der Waals surface area contributed by atoms with Crippen molar-refractivity contribution in [2.45, 2.75) is 51.5 Å². The number of amides is 2. The molecule has 2 amide bonds. The molecule has 1 aliphatic rings. The van der Waals surface area contributed by atoms with E-state index in [1.165, 1.54) is 25.5 Å². The molecule has 1 aromatic heterocycles. The lowest BCUT2D eigenvalue weighted by atomic mass is 9.95. The van der Waals surface area contributed by atoms with Crippen molar-refractivity contribution >= 4 is 17.5 Å². The highest BCUT2D eigenvalue weighted by atomic mass is 16.2. The Morgan fingerprint density at radius 3 is 2.77 bits per heavy atom. The molecule has 0 aliphatic heterocycles. The van der Waals surface area contributed by atoms with E-state index in [1.807, 2.05) is 0 Å². The summed E-state index contributed by atoms with van der Waals surface area (Å²) in [6.07, 6.45) is 8.99. The van der Waals surface area contributed by atoms with Crippen molar-refractivity contribution in [1.29, 1.82) is 0 Å². The van der Waals surface area contributed by atoms with E-state index in [0.717, 1.165) is 12.8 Å². The molecule has 1 heterocycles. The fourth-order valence-corrected chi connectivity index (χ4v) is 2.51. The van der Waals surface area contributed by atoms with E-state index >= 15 is 0 Å². The zero-order valence-corrected chi connectivity index (χ0v) is 12.8. The number of aromatic nitrogens is 1. The number of nitrogens with zero attached hydrogens (tertiary/aromatic N) is 2. The van der Waals surface area contributed by atoms with Crippen LogP contribution < -0.4 is 10.7 Å². The van der Waals surface area contributed by atoms with Crippen molar-refractivity contribution in [2.24, 2.45) is 5.10 Å². The van der Waals surface area contributed by atoms with Crippen molar-refractivity contribution in [2.75, 3.05) is 0 Å². The molecule has 1 saturated carbocycles. The van der Waals surface area contributed by atoms with Crippen molar-refractivity contribution in [3.63, 3.8) is 0 Å². The molecule has 6 heteroatoms. The Labute approximate surface area is 130 Å². The van der Waals surface area contributed by atoms with Crippen LogP contribution >= 0.6 is 0 Å². The molecule has 22 heavy (non-hydrogen) atoms. The minimum Gasteiger partial charge on any atom is -0.353 e. The standard InChI is InChI=1S/C16H22N4O2/c1-12(10-15(21)18-14-7-3-2-4-8-14)19-20-16(22)13-6-5-9-17-11-13/h5-6,9,11,14H,2-4,7-8,10H2,1H3,(H,18,21)(H,20,22)/b19-12-. The lowest BCUT2D eigenvalue weighted by molar-refractivity contribution is -0.120. The highest BCUT2D eigenvalue weighted by Crippen LogP contribution is 2.17. The van der Waals surface area contributed by atoms with Crippen molar-refractivity contribution < 1.29 is 9.59 Å². The third kappa shape index (κ3) is 5.27. The zero-order valence-electron chi connectivity index (χ0n) is 12.8. The van der Waals surface area contributed by atoms with Crippen LogP contribution in [0, 0.1) is 0 Å². The number of hydrazone groups is 1. The molecule has 0 spiro atoms. The second-order valence-corrected chi connectivity index (χ2v) is 5.61. The number of nitrogens with one attached hydrogen (secondary N) is 2. The maximum atomic E-state index is 11.9. The minimum atomic E-state index is -0.333. The Morgan fingerprint density at radius 2 is 2.09 bits per heavy atom. The van der Waals surface area contributed by atoms with Gasteiger partial charge in [-0.3, -0.25) is 14.6 Å². The third-order valence-electron chi connectivity index (χ3n) is 3.66. The van der Waals surface area contributed by atoms with Gasteiger partial charge in [0.15, 0.2) is 0 Å². The fraction of sp³-hybridized carbons (Fsp3) is 0.500. The maximum absolute atomic E-state index is 11.9. The second-order valence-electron chi connectivity index (χ2n) is 5.61. The van der Waals surface area contributed by atoms with E-state index in [0.29, 0.717) is 17.3 Å². The number of rotatable bonds is 5. The molecule has 0 atom stereocenters. The molecule has 1 aliphatic carbocycles. The Kier molecular flexibility index (Phi) is 6.06. The summed E-state index contributed by atoms with van der Waals surface area (Å²) in [4.78, 5) is 27.6. The Balaban J connectivity index is 1.77. The van der Waals surface area contributed by atoms with E-state index in [4.69, 9.17) is 0 Å². The van der Waals surface area contributed by atoms with Gasteiger partial charge in [-0.05, 0) is 31.9 Å². The average molecular weight is 302 g/mol. The normalized spacial score (nSPS) is 16.1. The molecule has 0 radical (unpaired) electrons. The van der Waals surface area contributed by atoms with Gasteiger partial charge in [-0.1, -0.05) is 19.3 Å². The largest absolute Gasteiger partial charge is 0.353 e. The van der Waals surface area contributed by atoms with Gasteiger partial charge in [0, 0.05) is 24.1 Å². The summed E-state index contributed by atoms with van der Waals surface area (Å²) < 4.78 is 0. The number of carbonyl (C=O) groups is 2. The number of carbonyl (C=O) groups excluding carboxylic acids is 2. The van der Waals surface area contributed by atoms with Gasteiger partial charge in [0.1, 0.15) is 0 Å². The van der Waals surface area contributed by atoms with E-state index < -0.39 is 0 Å². The van der Waals surface area contributed by atoms with Crippen molar-refractivity contribution in [3.8, 4) is 0 Å². The van der Waals surface area contributed by atoms with Gasteiger partial charge in [0.05, 0.1) is 12.0 Å². The first-order chi connectivity index (χ1) is 10.6. The van der Waals surface area contributed by atoms with E-state index in [1.54, 1.807) is 25.3 Å². The molecule has 0 unspecified atom stereocenters. The summed E-state index contributed by atoms with van der Waals surface area (Å²) in [6, 6.07) is 3.63. The van der Waals surface area contributed by atoms with Gasteiger partial charge in [-0.2, -0.15) is 5.10 Å². The third-order valence-corrected chi connectivity index (χ3v) is 3.66. The van der Waals surface area contributed by atoms with Crippen LogP contribution in [0.2, 0.25) is 0 Å². The molecular weight excluding hydrogens is 280 g/mol. The van der Waals surface area contributed by atoms with Crippen LogP contribution in [0.5, 0.6) is 0 Å². The summed E-state index contributed by atoms with van der Waals surface area (Å²) in [6.45, 7) is 1.73. The van der Waals surface area contributed by atoms with Crippen LogP contribution in [-0.4, -0.2) is 28.6 Å². The summed E-state index contributed by atoms with van der Waals surface area (Å²) in [7, 11) is 0. The molecule has 0 bridgehead atoms. The van der Waals surface area contributed by atoms with Crippen LogP contribution in [0.3, 0.4) is 0 Å². The highest BCUT2D eigenvalue weighted by Gasteiger charge is 2.16. The fourth-order valence-electron chi connectivity index (χ4n) is 2.51. The van der Waals surface area contributed by atoms with Gasteiger partial charge < -0.3 is 5.32 Å². The molecule has 0 saturated heterocycles. The van der Waals surface area contributed by atoms with Crippen LogP contribution in [0.25, 0.3) is 0 Å². The Bertz CT molecular complexity index is 536.